The first-order valence-corrected chi connectivity index (χ1v) is 6.53. The highest BCUT2D eigenvalue weighted by Gasteiger charge is 2.29. The number of nitrogens with zero attached hydrogens (tertiary/aromatic N) is 1. The molecule has 1 fully saturated rings. The van der Waals surface area contributed by atoms with E-state index in [0.29, 0.717) is 11.3 Å². The van der Waals surface area contributed by atoms with Gasteiger partial charge in [-0.15, -0.1) is 0 Å². The zero-order valence-corrected chi connectivity index (χ0v) is 10.8. The minimum Gasteiger partial charge on any atom is -0.398 e. The molecule has 0 bridgehead atoms. The van der Waals surface area contributed by atoms with E-state index in [9.17, 15) is 9.59 Å². The lowest BCUT2D eigenvalue weighted by molar-refractivity contribution is -0.119. The van der Waals surface area contributed by atoms with Gasteiger partial charge < -0.3 is 16.4 Å². The average Bonchev–Trinajstić information content (AvgIpc) is 2.89. The third-order valence-electron chi connectivity index (χ3n) is 3.54. The number of hydrogen-bond acceptors (Lipinski definition) is 3. The number of anilines is 1. The van der Waals surface area contributed by atoms with Crippen LogP contribution in [-0.4, -0.2) is 29.3 Å². The van der Waals surface area contributed by atoms with Gasteiger partial charge in [-0.1, -0.05) is 25.0 Å². The molecule has 0 spiro atoms. The molecule has 4 N–H and O–H groups in total. The predicted molar refractivity (Wildman–Crippen MR) is 73.3 cm³/mol. The number of rotatable bonds is 4. The van der Waals surface area contributed by atoms with Gasteiger partial charge >= 0.3 is 0 Å². The number of para-hydroxylation sites is 1. The lowest BCUT2D eigenvalue weighted by Gasteiger charge is -2.28. The topological polar surface area (TPSA) is 89.4 Å². The van der Waals surface area contributed by atoms with Gasteiger partial charge in [0.1, 0.15) is 0 Å². The van der Waals surface area contributed by atoms with E-state index in [1.54, 1.807) is 29.2 Å². The molecule has 1 aliphatic rings. The van der Waals surface area contributed by atoms with E-state index in [-0.39, 0.29) is 18.5 Å². The highest BCUT2D eigenvalue weighted by molar-refractivity contribution is 6.00. The normalized spacial score (nSPS) is 15.4. The first-order valence-electron chi connectivity index (χ1n) is 6.53. The molecular formula is C14H19N3O2. The van der Waals surface area contributed by atoms with Crippen molar-refractivity contribution >= 4 is 17.5 Å². The second-order valence-electron chi connectivity index (χ2n) is 4.92. The van der Waals surface area contributed by atoms with Crippen molar-refractivity contribution in [1.82, 2.24) is 4.90 Å². The highest BCUT2D eigenvalue weighted by Crippen LogP contribution is 2.25. The zero-order chi connectivity index (χ0) is 13.8. The molecule has 0 radical (unpaired) electrons. The minimum atomic E-state index is -0.491. The summed E-state index contributed by atoms with van der Waals surface area (Å²) >= 11 is 0. The second kappa shape index (κ2) is 5.73. The van der Waals surface area contributed by atoms with Gasteiger partial charge in [-0.3, -0.25) is 9.59 Å². The Kier molecular flexibility index (Phi) is 4.04. The van der Waals surface area contributed by atoms with Gasteiger partial charge in [-0.25, -0.2) is 0 Å². The van der Waals surface area contributed by atoms with Crippen molar-refractivity contribution in [2.24, 2.45) is 5.73 Å². The summed E-state index contributed by atoms with van der Waals surface area (Å²) in [5.74, 6) is -0.696. The van der Waals surface area contributed by atoms with E-state index in [1.165, 1.54) is 0 Å². The molecule has 0 saturated heterocycles. The van der Waals surface area contributed by atoms with Crippen LogP contribution in [0.4, 0.5) is 5.69 Å². The summed E-state index contributed by atoms with van der Waals surface area (Å²) < 4.78 is 0. The van der Waals surface area contributed by atoms with Gasteiger partial charge in [0, 0.05) is 11.7 Å². The van der Waals surface area contributed by atoms with Crippen LogP contribution in [-0.2, 0) is 4.79 Å². The number of amides is 2. The smallest absolute Gasteiger partial charge is 0.256 e. The Morgan fingerprint density at radius 1 is 1.21 bits per heavy atom. The standard InChI is InChI=1S/C14H19N3O2/c15-12-8-4-3-7-11(12)14(19)17(9-13(16)18)10-5-1-2-6-10/h3-4,7-8,10H,1-2,5-6,9,15H2,(H2,16,18). The van der Waals surface area contributed by atoms with Gasteiger partial charge in [0.2, 0.25) is 5.91 Å². The summed E-state index contributed by atoms with van der Waals surface area (Å²) in [5, 5.41) is 0. The van der Waals surface area contributed by atoms with Crippen LogP contribution in [0, 0.1) is 0 Å². The lowest BCUT2D eigenvalue weighted by atomic mass is 10.1. The van der Waals surface area contributed by atoms with Gasteiger partial charge in [0.05, 0.1) is 12.1 Å². The number of nitrogen functional groups attached to an aromatic ring is 1. The second-order valence-corrected chi connectivity index (χ2v) is 4.92. The average molecular weight is 261 g/mol. The van der Waals surface area contributed by atoms with E-state index in [4.69, 9.17) is 11.5 Å². The van der Waals surface area contributed by atoms with Crippen LogP contribution in [0.5, 0.6) is 0 Å². The molecule has 1 aromatic carbocycles. The molecule has 5 heteroatoms. The largest absolute Gasteiger partial charge is 0.398 e. The Morgan fingerprint density at radius 2 is 1.84 bits per heavy atom. The first kappa shape index (κ1) is 13.4. The molecule has 1 aromatic rings. The molecule has 19 heavy (non-hydrogen) atoms. The Bertz CT molecular complexity index is 481. The molecule has 0 aromatic heterocycles. The van der Waals surface area contributed by atoms with Crippen molar-refractivity contribution in [3.63, 3.8) is 0 Å². The summed E-state index contributed by atoms with van der Waals surface area (Å²) in [5.41, 5.74) is 11.9. The quantitative estimate of drug-likeness (QED) is 0.796. The van der Waals surface area contributed by atoms with Crippen LogP contribution >= 0.6 is 0 Å². The summed E-state index contributed by atoms with van der Waals surface area (Å²) in [6.45, 7) is -0.0438. The molecule has 0 unspecified atom stereocenters. The van der Waals surface area contributed by atoms with Crippen LogP contribution in [0.15, 0.2) is 24.3 Å². The third-order valence-corrected chi connectivity index (χ3v) is 3.54. The predicted octanol–water partition coefficient (Wildman–Crippen LogP) is 1.14. The number of nitrogens with two attached hydrogens (primary N) is 2. The maximum atomic E-state index is 12.5. The van der Waals surface area contributed by atoms with E-state index in [1.807, 2.05) is 0 Å². The first-order chi connectivity index (χ1) is 9.09. The molecule has 5 nitrogen and oxygen atoms in total. The van der Waals surface area contributed by atoms with Gasteiger partial charge in [-0.05, 0) is 25.0 Å². The van der Waals surface area contributed by atoms with E-state index >= 15 is 0 Å². The Hall–Kier alpha value is -2.04. The molecule has 2 amide bonds. The van der Waals surface area contributed by atoms with Gasteiger partial charge in [0.15, 0.2) is 0 Å². The number of carbonyl (C=O) groups is 2. The van der Waals surface area contributed by atoms with Crippen molar-refractivity contribution < 1.29 is 9.59 Å². The summed E-state index contributed by atoms with van der Waals surface area (Å²) in [6.07, 6.45) is 4.01. The van der Waals surface area contributed by atoms with Crippen LogP contribution in [0.2, 0.25) is 0 Å². The summed E-state index contributed by atoms with van der Waals surface area (Å²) in [6, 6.07) is 7.01. The fourth-order valence-electron chi connectivity index (χ4n) is 2.60. The Morgan fingerprint density at radius 3 is 2.42 bits per heavy atom. The molecule has 1 saturated carbocycles. The van der Waals surface area contributed by atoms with Gasteiger partial charge in [-0.2, -0.15) is 0 Å². The lowest BCUT2D eigenvalue weighted by Crippen LogP contribution is -2.44. The van der Waals surface area contributed by atoms with Crippen molar-refractivity contribution in [1.29, 1.82) is 0 Å². The molecular weight excluding hydrogens is 242 g/mol. The maximum Gasteiger partial charge on any atom is 0.256 e. The van der Waals surface area contributed by atoms with Crippen molar-refractivity contribution in [2.75, 3.05) is 12.3 Å². The summed E-state index contributed by atoms with van der Waals surface area (Å²) in [7, 11) is 0. The Labute approximate surface area is 112 Å². The van der Waals surface area contributed by atoms with Crippen molar-refractivity contribution in [3.8, 4) is 0 Å². The van der Waals surface area contributed by atoms with Crippen LogP contribution in [0.1, 0.15) is 36.0 Å². The van der Waals surface area contributed by atoms with E-state index in [0.717, 1.165) is 25.7 Å². The maximum absolute atomic E-state index is 12.5. The number of hydrogen-bond donors (Lipinski definition) is 2. The van der Waals surface area contributed by atoms with Crippen LogP contribution < -0.4 is 11.5 Å². The van der Waals surface area contributed by atoms with Crippen molar-refractivity contribution in [3.05, 3.63) is 29.8 Å². The molecule has 2 rings (SSSR count). The summed E-state index contributed by atoms with van der Waals surface area (Å²) in [4.78, 5) is 25.3. The van der Waals surface area contributed by atoms with E-state index in [2.05, 4.69) is 0 Å². The molecule has 0 atom stereocenters. The van der Waals surface area contributed by atoms with E-state index < -0.39 is 5.91 Å². The monoisotopic (exact) mass is 261 g/mol. The number of carbonyl (C=O) groups excluding carboxylic acids is 2. The van der Waals surface area contributed by atoms with Gasteiger partial charge in [0.25, 0.3) is 5.91 Å². The van der Waals surface area contributed by atoms with Crippen molar-refractivity contribution in [2.45, 2.75) is 31.7 Å². The molecule has 0 heterocycles. The van der Waals surface area contributed by atoms with Crippen LogP contribution in [0.25, 0.3) is 0 Å². The number of primary amides is 1. The SMILES string of the molecule is NC(=O)CN(C(=O)c1ccccc1N)C1CCCC1. The molecule has 1 aliphatic carbocycles. The van der Waals surface area contributed by atoms with Crippen LogP contribution in [0.3, 0.4) is 0 Å². The molecule has 0 aliphatic heterocycles. The minimum absolute atomic E-state index is 0.0438. The number of benzene rings is 1. The third kappa shape index (κ3) is 3.05. The highest BCUT2D eigenvalue weighted by atomic mass is 16.2. The fraction of sp³-hybridized carbons (Fsp3) is 0.429. The molecule has 102 valence electrons. The Balaban J connectivity index is 2.24. The fourth-order valence-corrected chi connectivity index (χ4v) is 2.60. The zero-order valence-electron chi connectivity index (χ0n) is 10.8.